The van der Waals surface area contributed by atoms with E-state index in [4.69, 9.17) is 0 Å². The Morgan fingerprint density at radius 2 is 2.15 bits per heavy atom. The number of nitrogens with zero attached hydrogens (tertiary/aromatic N) is 1. The molecule has 1 amide bonds. The standard InChI is InChI=1S/C16H28N2O2/c1-16(20)8-11-18(12-9-16)13-15(19)17-10-7-14-5-3-2-4-6-14/h5,20H,2-4,6-13H2,1H3,(H,17,19). The summed E-state index contributed by atoms with van der Waals surface area (Å²) in [7, 11) is 0. The highest BCUT2D eigenvalue weighted by Crippen LogP contribution is 2.21. The molecular weight excluding hydrogens is 252 g/mol. The smallest absolute Gasteiger partial charge is 0.234 e. The van der Waals surface area contributed by atoms with Crippen molar-refractivity contribution in [2.45, 2.75) is 57.5 Å². The molecule has 0 aromatic rings. The van der Waals surface area contributed by atoms with Crippen molar-refractivity contribution in [3.05, 3.63) is 11.6 Å². The Kier molecular flexibility index (Phi) is 5.61. The Bertz CT molecular complexity index is 353. The van der Waals surface area contributed by atoms with Crippen molar-refractivity contribution in [3.8, 4) is 0 Å². The molecule has 114 valence electrons. The maximum atomic E-state index is 11.9. The summed E-state index contributed by atoms with van der Waals surface area (Å²) in [6, 6.07) is 0. The Hall–Kier alpha value is -0.870. The lowest BCUT2D eigenvalue weighted by Gasteiger charge is -2.35. The van der Waals surface area contributed by atoms with Crippen LogP contribution in [0.5, 0.6) is 0 Å². The largest absolute Gasteiger partial charge is 0.390 e. The lowest BCUT2D eigenvalue weighted by molar-refractivity contribution is -0.123. The molecule has 20 heavy (non-hydrogen) atoms. The summed E-state index contributed by atoms with van der Waals surface area (Å²) < 4.78 is 0. The number of rotatable bonds is 5. The van der Waals surface area contributed by atoms with Gasteiger partial charge in [-0.3, -0.25) is 9.69 Å². The van der Waals surface area contributed by atoms with Gasteiger partial charge in [-0.2, -0.15) is 0 Å². The van der Waals surface area contributed by atoms with Crippen LogP contribution in [0.2, 0.25) is 0 Å². The Morgan fingerprint density at radius 1 is 1.40 bits per heavy atom. The van der Waals surface area contributed by atoms with E-state index >= 15 is 0 Å². The van der Waals surface area contributed by atoms with Crippen molar-refractivity contribution in [2.75, 3.05) is 26.2 Å². The highest BCUT2D eigenvalue weighted by molar-refractivity contribution is 5.78. The first-order valence-electron chi connectivity index (χ1n) is 7.94. The summed E-state index contributed by atoms with van der Waals surface area (Å²) in [4.78, 5) is 14.0. The lowest BCUT2D eigenvalue weighted by atomic mass is 9.94. The number of aliphatic hydroxyl groups is 1. The SMILES string of the molecule is CC1(O)CCN(CC(=O)NCCC2=CCCCC2)CC1. The van der Waals surface area contributed by atoms with Crippen LogP contribution in [0.15, 0.2) is 11.6 Å². The second kappa shape index (κ2) is 7.23. The van der Waals surface area contributed by atoms with Gasteiger partial charge >= 0.3 is 0 Å². The van der Waals surface area contributed by atoms with Gasteiger partial charge in [0.05, 0.1) is 12.1 Å². The summed E-state index contributed by atoms with van der Waals surface area (Å²) in [6.45, 7) is 4.73. The minimum atomic E-state index is -0.541. The second-order valence-corrected chi connectivity index (χ2v) is 6.48. The molecule has 4 heteroatoms. The van der Waals surface area contributed by atoms with Crippen LogP contribution in [0.1, 0.15) is 51.9 Å². The number of amides is 1. The highest BCUT2D eigenvalue weighted by atomic mass is 16.3. The molecule has 0 saturated carbocycles. The third kappa shape index (κ3) is 5.25. The monoisotopic (exact) mass is 280 g/mol. The first-order chi connectivity index (χ1) is 9.55. The van der Waals surface area contributed by atoms with Gasteiger partial charge in [0.1, 0.15) is 0 Å². The molecule has 0 bridgehead atoms. The number of nitrogens with one attached hydrogen (secondary N) is 1. The molecular formula is C16H28N2O2. The number of likely N-dealkylation sites (tertiary alicyclic amines) is 1. The molecule has 0 radical (unpaired) electrons. The average Bonchev–Trinajstić information content (AvgIpc) is 2.42. The van der Waals surface area contributed by atoms with Crippen molar-refractivity contribution < 1.29 is 9.90 Å². The van der Waals surface area contributed by atoms with Crippen LogP contribution >= 0.6 is 0 Å². The molecule has 0 aromatic heterocycles. The van der Waals surface area contributed by atoms with Crippen LogP contribution in [-0.2, 0) is 4.79 Å². The lowest BCUT2D eigenvalue weighted by Crippen LogP contribution is -2.46. The fourth-order valence-electron chi connectivity index (χ4n) is 2.95. The molecule has 2 aliphatic rings. The van der Waals surface area contributed by atoms with Crippen LogP contribution in [0.25, 0.3) is 0 Å². The van der Waals surface area contributed by atoms with Gasteiger partial charge in [-0.25, -0.2) is 0 Å². The normalized spacial score (nSPS) is 23.2. The van der Waals surface area contributed by atoms with Crippen LogP contribution in [0, 0.1) is 0 Å². The zero-order valence-corrected chi connectivity index (χ0v) is 12.7. The predicted octanol–water partition coefficient (Wildman–Crippen LogP) is 1.84. The van der Waals surface area contributed by atoms with E-state index < -0.39 is 5.60 Å². The summed E-state index contributed by atoms with van der Waals surface area (Å²) in [5.41, 5.74) is 0.964. The molecule has 1 aliphatic carbocycles. The third-order valence-electron chi connectivity index (χ3n) is 4.45. The second-order valence-electron chi connectivity index (χ2n) is 6.48. The maximum absolute atomic E-state index is 11.9. The predicted molar refractivity (Wildman–Crippen MR) is 80.5 cm³/mol. The number of hydrogen-bond donors (Lipinski definition) is 2. The average molecular weight is 280 g/mol. The summed E-state index contributed by atoms with van der Waals surface area (Å²) >= 11 is 0. The van der Waals surface area contributed by atoms with Gasteiger partial charge in [0, 0.05) is 19.6 Å². The molecule has 2 rings (SSSR count). The maximum Gasteiger partial charge on any atom is 0.234 e. The van der Waals surface area contributed by atoms with Crippen molar-refractivity contribution in [1.82, 2.24) is 10.2 Å². The first-order valence-corrected chi connectivity index (χ1v) is 7.94. The van der Waals surface area contributed by atoms with Gasteiger partial charge in [0.25, 0.3) is 0 Å². The molecule has 0 aromatic carbocycles. The van der Waals surface area contributed by atoms with Crippen molar-refractivity contribution >= 4 is 5.91 Å². The van der Waals surface area contributed by atoms with E-state index in [0.717, 1.165) is 38.9 Å². The molecule has 0 spiro atoms. The topological polar surface area (TPSA) is 52.6 Å². The quantitative estimate of drug-likeness (QED) is 0.756. The molecule has 2 N–H and O–H groups in total. The minimum absolute atomic E-state index is 0.114. The van der Waals surface area contributed by atoms with E-state index in [1.807, 2.05) is 6.92 Å². The van der Waals surface area contributed by atoms with E-state index in [-0.39, 0.29) is 5.91 Å². The van der Waals surface area contributed by atoms with Crippen LogP contribution in [-0.4, -0.2) is 47.7 Å². The van der Waals surface area contributed by atoms with Crippen LogP contribution < -0.4 is 5.32 Å². The number of carbonyl (C=O) groups excluding carboxylic acids is 1. The van der Waals surface area contributed by atoms with Gasteiger partial charge in [0.15, 0.2) is 0 Å². The molecule has 1 aliphatic heterocycles. The van der Waals surface area contributed by atoms with Crippen molar-refractivity contribution in [2.24, 2.45) is 0 Å². The molecule has 1 saturated heterocycles. The van der Waals surface area contributed by atoms with Crippen LogP contribution in [0.3, 0.4) is 0 Å². The zero-order chi connectivity index (χ0) is 14.4. The van der Waals surface area contributed by atoms with Gasteiger partial charge in [-0.1, -0.05) is 11.6 Å². The van der Waals surface area contributed by atoms with E-state index in [0.29, 0.717) is 6.54 Å². The van der Waals surface area contributed by atoms with E-state index in [9.17, 15) is 9.90 Å². The zero-order valence-electron chi connectivity index (χ0n) is 12.7. The Labute approximate surface area is 122 Å². The number of piperidine rings is 1. The van der Waals surface area contributed by atoms with Crippen molar-refractivity contribution in [3.63, 3.8) is 0 Å². The van der Waals surface area contributed by atoms with Gasteiger partial charge < -0.3 is 10.4 Å². The summed E-state index contributed by atoms with van der Waals surface area (Å²) in [5.74, 6) is 0.114. The number of carbonyl (C=O) groups is 1. The van der Waals surface area contributed by atoms with Crippen LogP contribution in [0.4, 0.5) is 0 Å². The molecule has 0 atom stereocenters. The molecule has 1 fully saturated rings. The van der Waals surface area contributed by atoms with Crippen molar-refractivity contribution in [1.29, 1.82) is 0 Å². The summed E-state index contributed by atoms with van der Waals surface area (Å²) in [6.07, 6.45) is 9.87. The third-order valence-corrected chi connectivity index (χ3v) is 4.45. The number of hydrogen-bond acceptors (Lipinski definition) is 3. The van der Waals surface area contributed by atoms with E-state index in [1.54, 1.807) is 0 Å². The van der Waals surface area contributed by atoms with E-state index in [1.165, 1.54) is 31.3 Å². The highest BCUT2D eigenvalue weighted by Gasteiger charge is 2.27. The molecule has 0 unspecified atom stereocenters. The van der Waals surface area contributed by atoms with Gasteiger partial charge in [-0.05, 0) is 51.9 Å². The number of allylic oxidation sites excluding steroid dienone is 1. The first kappa shape index (κ1) is 15.5. The van der Waals surface area contributed by atoms with E-state index in [2.05, 4.69) is 16.3 Å². The fourth-order valence-corrected chi connectivity index (χ4v) is 2.95. The molecule has 1 heterocycles. The molecule has 4 nitrogen and oxygen atoms in total. The fraction of sp³-hybridized carbons (Fsp3) is 0.812. The summed E-state index contributed by atoms with van der Waals surface area (Å²) in [5, 5.41) is 12.9. The Balaban J connectivity index is 1.60. The minimum Gasteiger partial charge on any atom is -0.390 e. The Morgan fingerprint density at radius 3 is 2.80 bits per heavy atom. The van der Waals surface area contributed by atoms with Gasteiger partial charge in [-0.15, -0.1) is 0 Å². The van der Waals surface area contributed by atoms with Gasteiger partial charge in [0.2, 0.25) is 5.91 Å².